The van der Waals surface area contributed by atoms with E-state index in [-0.39, 0.29) is 6.04 Å². The Morgan fingerprint density at radius 2 is 2.14 bits per heavy atom. The first-order valence-corrected chi connectivity index (χ1v) is 12.8. The molecule has 10 nitrogen and oxygen atoms in total. The molecule has 0 spiro atoms. The van der Waals surface area contributed by atoms with Crippen molar-refractivity contribution in [2.45, 2.75) is 51.0 Å². The van der Waals surface area contributed by atoms with Crippen LogP contribution in [0.2, 0.25) is 0 Å². The van der Waals surface area contributed by atoms with Crippen molar-refractivity contribution in [3.63, 3.8) is 0 Å². The molecule has 2 N–H and O–H groups in total. The fourth-order valence-corrected chi connectivity index (χ4v) is 4.98. The summed E-state index contributed by atoms with van der Waals surface area (Å²) in [5, 5.41) is 9.94. The molecular weight excluding hydrogens is 476 g/mol. The molecule has 1 unspecified atom stereocenters. The molecule has 2 fully saturated rings. The minimum absolute atomic E-state index is 0.186. The van der Waals surface area contributed by atoms with Gasteiger partial charge in [0.05, 0.1) is 12.6 Å². The molecule has 2 amide bonds. The molecule has 0 aliphatic carbocycles. The van der Waals surface area contributed by atoms with Crippen molar-refractivity contribution in [3.05, 3.63) is 59.3 Å². The van der Waals surface area contributed by atoms with Crippen LogP contribution >= 0.6 is 0 Å². The van der Waals surface area contributed by atoms with Gasteiger partial charge in [0.15, 0.2) is 6.29 Å². The molecule has 1 aromatic heterocycles. The van der Waals surface area contributed by atoms with Crippen LogP contribution in [0.15, 0.2) is 42.6 Å². The van der Waals surface area contributed by atoms with Crippen LogP contribution < -0.4 is 15.1 Å². The van der Waals surface area contributed by atoms with Crippen molar-refractivity contribution in [2.75, 3.05) is 31.2 Å². The van der Waals surface area contributed by atoms with Crippen LogP contribution in [-0.2, 0) is 27.3 Å². The Labute approximate surface area is 215 Å². The van der Waals surface area contributed by atoms with E-state index in [0.717, 1.165) is 57.6 Å². The van der Waals surface area contributed by atoms with Crippen molar-refractivity contribution < 1.29 is 29.0 Å². The summed E-state index contributed by atoms with van der Waals surface area (Å²) in [6, 6.07) is 9.52. The van der Waals surface area contributed by atoms with Crippen LogP contribution in [0.5, 0.6) is 5.75 Å². The van der Waals surface area contributed by atoms with E-state index in [4.69, 9.17) is 14.3 Å². The quantitative estimate of drug-likeness (QED) is 0.412. The number of nitrogens with zero attached hydrogens (tertiary/aromatic N) is 3. The lowest BCUT2D eigenvalue weighted by molar-refractivity contribution is -0.198. The molecule has 0 radical (unpaired) electrons. The molecule has 3 aliphatic heterocycles. The summed E-state index contributed by atoms with van der Waals surface area (Å²) in [5.41, 5.74) is 5.49. The molecule has 37 heavy (non-hydrogen) atoms. The number of carbonyl (C=O) groups excluding carboxylic acids is 1. The highest BCUT2D eigenvalue weighted by Crippen LogP contribution is 2.28. The maximum absolute atomic E-state index is 12.1. The van der Waals surface area contributed by atoms with Gasteiger partial charge in [0.1, 0.15) is 11.6 Å². The number of hydrogen-bond acceptors (Lipinski definition) is 7. The number of nitrogens with one attached hydrogen (secondary N) is 1. The van der Waals surface area contributed by atoms with Gasteiger partial charge in [-0.1, -0.05) is 12.1 Å². The first kappa shape index (κ1) is 25.2. The lowest BCUT2D eigenvalue weighted by atomic mass is 10.1. The number of fused-ring (bicyclic) bond motifs is 1. The van der Waals surface area contributed by atoms with Crippen LogP contribution in [0.4, 0.5) is 10.6 Å². The van der Waals surface area contributed by atoms with E-state index in [9.17, 15) is 14.7 Å². The van der Waals surface area contributed by atoms with E-state index < -0.39 is 18.3 Å². The third kappa shape index (κ3) is 6.46. The van der Waals surface area contributed by atoms with E-state index in [0.29, 0.717) is 24.5 Å². The fourth-order valence-electron chi connectivity index (χ4n) is 4.98. The fraction of sp³-hybridized carbons (Fsp3) is 0.444. The van der Waals surface area contributed by atoms with Gasteiger partial charge in [-0.3, -0.25) is 14.6 Å². The smallest absolute Gasteiger partial charge is 0.413 e. The number of hydroxylamine groups is 1. The zero-order chi connectivity index (χ0) is 25.6. The molecule has 4 heterocycles. The van der Waals surface area contributed by atoms with Gasteiger partial charge in [-0.15, -0.1) is 0 Å². The monoisotopic (exact) mass is 508 g/mol. The van der Waals surface area contributed by atoms with E-state index >= 15 is 0 Å². The van der Waals surface area contributed by atoms with Gasteiger partial charge in [0.2, 0.25) is 0 Å². The Balaban J connectivity index is 1.15. The number of hydrogen-bond donors (Lipinski definition) is 2. The summed E-state index contributed by atoms with van der Waals surface area (Å²) in [4.78, 5) is 37.4. The first-order valence-electron chi connectivity index (χ1n) is 12.8. The average Bonchev–Trinajstić information content (AvgIpc) is 3.57. The lowest BCUT2D eigenvalue weighted by Gasteiger charge is -2.25. The molecule has 10 heteroatoms. The standard InChI is InChI=1S/C27H32N4O6/c32-25(29-37-26-3-1-2-13-36-26)9-6-19-5-8-24(28-16-19)31(27(33)34)22-10-12-30(18-22)17-20-4-7-23-21(15-20)11-14-35-23/h4-9,15-16,22,26H,1-3,10-14,17-18H2,(H,29,32)(H,33,34)/t22-,26?/m1/s1. The highest BCUT2D eigenvalue weighted by atomic mass is 16.8. The van der Waals surface area contributed by atoms with E-state index in [1.807, 2.05) is 6.07 Å². The van der Waals surface area contributed by atoms with Crippen molar-refractivity contribution in [2.24, 2.45) is 0 Å². The minimum atomic E-state index is -1.03. The molecule has 2 saturated heterocycles. The summed E-state index contributed by atoms with van der Waals surface area (Å²) in [7, 11) is 0. The van der Waals surface area contributed by atoms with Crippen LogP contribution in [-0.4, -0.2) is 65.6 Å². The van der Waals surface area contributed by atoms with Gasteiger partial charge in [-0.25, -0.2) is 20.1 Å². The predicted octanol–water partition coefficient (Wildman–Crippen LogP) is 3.36. The van der Waals surface area contributed by atoms with E-state index in [1.165, 1.54) is 22.1 Å². The Bertz CT molecular complexity index is 1130. The maximum Gasteiger partial charge on any atom is 0.413 e. The average molecular weight is 509 g/mol. The largest absolute Gasteiger partial charge is 0.493 e. The molecule has 0 bridgehead atoms. The molecule has 3 aliphatic rings. The molecule has 0 saturated carbocycles. The zero-order valence-electron chi connectivity index (χ0n) is 20.7. The summed E-state index contributed by atoms with van der Waals surface area (Å²) in [5.74, 6) is 0.924. The van der Waals surface area contributed by atoms with Gasteiger partial charge in [-0.05, 0) is 60.2 Å². The number of benzene rings is 1. The van der Waals surface area contributed by atoms with Gasteiger partial charge in [-0.2, -0.15) is 0 Å². The SMILES string of the molecule is O=C(C=Cc1ccc(N(C(=O)O)[C@@H]2CCN(Cc3ccc4c(c3)CCO4)C2)nc1)NOC1CCCCO1. The Morgan fingerprint density at radius 3 is 2.92 bits per heavy atom. The van der Waals surface area contributed by atoms with Crippen LogP contribution in [0.1, 0.15) is 42.4 Å². The number of anilines is 1. The van der Waals surface area contributed by atoms with Crippen molar-refractivity contribution >= 4 is 23.9 Å². The normalized spacial score (nSPS) is 21.5. The van der Waals surface area contributed by atoms with Gasteiger partial charge >= 0.3 is 6.09 Å². The number of amides is 2. The van der Waals surface area contributed by atoms with Gasteiger partial charge < -0.3 is 14.6 Å². The summed E-state index contributed by atoms with van der Waals surface area (Å²) in [6.45, 7) is 3.58. The Hall–Kier alpha value is -3.47. The topological polar surface area (TPSA) is 113 Å². The molecule has 5 rings (SSSR count). The maximum atomic E-state index is 12.1. The number of carboxylic acid groups (broad SMARTS) is 1. The van der Waals surface area contributed by atoms with Crippen molar-refractivity contribution in [3.8, 4) is 5.75 Å². The number of likely N-dealkylation sites (tertiary alicyclic amines) is 1. The number of pyridine rings is 1. The van der Waals surface area contributed by atoms with Crippen molar-refractivity contribution in [1.29, 1.82) is 0 Å². The van der Waals surface area contributed by atoms with Gasteiger partial charge in [0.25, 0.3) is 5.91 Å². The Kier molecular flexibility index (Phi) is 7.98. The molecule has 1 aromatic carbocycles. The number of aromatic nitrogens is 1. The van der Waals surface area contributed by atoms with Crippen molar-refractivity contribution in [1.82, 2.24) is 15.4 Å². The molecule has 2 aromatic rings. The van der Waals surface area contributed by atoms with E-state index in [1.54, 1.807) is 24.4 Å². The number of ether oxygens (including phenoxy) is 2. The zero-order valence-corrected chi connectivity index (χ0v) is 20.7. The highest BCUT2D eigenvalue weighted by molar-refractivity contribution is 5.91. The highest BCUT2D eigenvalue weighted by Gasteiger charge is 2.32. The second-order valence-corrected chi connectivity index (χ2v) is 9.53. The van der Waals surface area contributed by atoms with Crippen LogP contribution in [0.3, 0.4) is 0 Å². The minimum Gasteiger partial charge on any atom is -0.493 e. The van der Waals surface area contributed by atoms with Gasteiger partial charge in [0, 0.05) is 51.4 Å². The molecule has 2 atom stereocenters. The van der Waals surface area contributed by atoms with E-state index in [2.05, 4.69) is 27.5 Å². The van der Waals surface area contributed by atoms with Crippen LogP contribution in [0, 0.1) is 0 Å². The summed E-state index contributed by atoms with van der Waals surface area (Å²) in [6.07, 6.45) is 7.47. The third-order valence-electron chi connectivity index (χ3n) is 6.85. The number of rotatable bonds is 8. The molecular formula is C27H32N4O6. The third-order valence-corrected chi connectivity index (χ3v) is 6.85. The second-order valence-electron chi connectivity index (χ2n) is 9.53. The summed E-state index contributed by atoms with van der Waals surface area (Å²) >= 11 is 0. The lowest BCUT2D eigenvalue weighted by Crippen LogP contribution is -2.41. The second kappa shape index (κ2) is 11.7. The molecule has 196 valence electrons. The Morgan fingerprint density at radius 1 is 1.22 bits per heavy atom. The first-order chi connectivity index (χ1) is 18.0. The number of carbonyl (C=O) groups is 2. The van der Waals surface area contributed by atoms with Crippen LogP contribution in [0.25, 0.3) is 6.08 Å². The predicted molar refractivity (Wildman–Crippen MR) is 136 cm³/mol. The summed E-state index contributed by atoms with van der Waals surface area (Å²) < 4.78 is 11.0.